The molecule has 1 aliphatic heterocycles. The van der Waals surface area contributed by atoms with Gasteiger partial charge in [0, 0.05) is 12.7 Å². The van der Waals surface area contributed by atoms with Crippen LogP contribution in [0.25, 0.3) is 0 Å². The zero-order chi connectivity index (χ0) is 11.5. The molecule has 0 saturated carbocycles. The molecule has 0 aromatic heterocycles. The SMILES string of the molecule is CC1=CC=CN(Cc2ccc(F)cc2)C1N. The molecule has 16 heavy (non-hydrogen) atoms. The molecule has 0 spiro atoms. The van der Waals surface area contributed by atoms with E-state index in [1.165, 1.54) is 12.1 Å². The Morgan fingerprint density at radius 2 is 2.00 bits per heavy atom. The Kier molecular flexibility index (Phi) is 3.06. The molecule has 1 heterocycles. The van der Waals surface area contributed by atoms with Gasteiger partial charge in [-0.3, -0.25) is 0 Å². The average molecular weight is 218 g/mol. The van der Waals surface area contributed by atoms with Crippen LogP contribution in [0.2, 0.25) is 0 Å². The molecule has 1 atom stereocenters. The van der Waals surface area contributed by atoms with Crippen molar-refractivity contribution in [3.63, 3.8) is 0 Å². The molecule has 0 radical (unpaired) electrons. The molecule has 84 valence electrons. The van der Waals surface area contributed by atoms with Crippen molar-refractivity contribution in [1.82, 2.24) is 4.90 Å². The Labute approximate surface area is 94.9 Å². The van der Waals surface area contributed by atoms with Gasteiger partial charge in [-0.2, -0.15) is 0 Å². The molecule has 0 fully saturated rings. The summed E-state index contributed by atoms with van der Waals surface area (Å²) in [6.45, 7) is 2.70. The van der Waals surface area contributed by atoms with Crippen molar-refractivity contribution >= 4 is 0 Å². The molecular weight excluding hydrogens is 203 g/mol. The van der Waals surface area contributed by atoms with Gasteiger partial charge in [0.15, 0.2) is 0 Å². The fourth-order valence-electron chi connectivity index (χ4n) is 1.71. The number of hydrogen-bond acceptors (Lipinski definition) is 2. The molecule has 0 aliphatic carbocycles. The molecule has 0 amide bonds. The predicted octanol–water partition coefficient (Wildman–Crippen LogP) is 2.39. The van der Waals surface area contributed by atoms with Crippen LogP contribution in [0, 0.1) is 5.82 Å². The Morgan fingerprint density at radius 1 is 1.31 bits per heavy atom. The van der Waals surface area contributed by atoms with E-state index in [1.54, 1.807) is 12.1 Å². The average Bonchev–Trinajstić information content (AvgIpc) is 2.28. The number of hydrogen-bond donors (Lipinski definition) is 1. The van der Waals surface area contributed by atoms with Crippen LogP contribution in [-0.4, -0.2) is 11.1 Å². The summed E-state index contributed by atoms with van der Waals surface area (Å²) in [7, 11) is 0. The largest absolute Gasteiger partial charge is 0.354 e. The van der Waals surface area contributed by atoms with Crippen LogP contribution in [0.1, 0.15) is 12.5 Å². The third-order valence-corrected chi connectivity index (χ3v) is 2.74. The van der Waals surface area contributed by atoms with E-state index in [4.69, 9.17) is 5.73 Å². The molecule has 1 aromatic rings. The third-order valence-electron chi connectivity index (χ3n) is 2.74. The van der Waals surface area contributed by atoms with E-state index >= 15 is 0 Å². The molecule has 1 unspecified atom stereocenters. The van der Waals surface area contributed by atoms with E-state index in [2.05, 4.69) is 0 Å². The highest BCUT2D eigenvalue weighted by Crippen LogP contribution is 2.15. The van der Waals surface area contributed by atoms with Crippen molar-refractivity contribution in [1.29, 1.82) is 0 Å². The zero-order valence-corrected chi connectivity index (χ0v) is 9.23. The Hall–Kier alpha value is -1.61. The number of halogens is 1. The van der Waals surface area contributed by atoms with Crippen LogP contribution >= 0.6 is 0 Å². The molecule has 2 N–H and O–H groups in total. The minimum Gasteiger partial charge on any atom is -0.354 e. The summed E-state index contributed by atoms with van der Waals surface area (Å²) in [5.74, 6) is -0.210. The molecule has 2 rings (SSSR count). The molecular formula is C13H15FN2. The van der Waals surface area contributed by atoms with Crippen molar-refractivity contribution in [3.05, 3.63) is 59.6 Å². The first kappa shape index (κ1) is 10.9. The van der Waals surface area contributed by atoms with Gasteiger partial charge in [-0.05, 0) is 36.3 Å². The highest BCUT2D eigenvalue weighted by Gasteiger charge is 2.14. The van der Waals surface area contributed by atoms with Crippen LogP contribution in [0.3, 0.4) is 0 Å². The van der Waals surface area contributed by atoms with E-state index < -0.39 is 0 Å². The second-order valence-electron chi connectivity index (χ2n) is 4.00. The summed E-state index contributed by atoms with van der Waals surface area (Å²) in [6, 6.07) is 6.50. The molecule has 0 bridgehead atoms. The summed E-state index contributed by atoms with van der Waals surface area (Å²) in [5, 5.41) is 0. The van der Waals surface area contributed by atoms with Gasteiger partial charge in [0.2, 0.25) is 0 Å². The second kappa shape index (κ2) is 4.49. The van der Waals surface area contributed by atoms with Gasteiger partial charge in [0.1, 0.15) is 5.82 Å². The number of nitrogens with zero attached hydrogens (tertiary/aromatic N) is 1. The van der Waals surface area contributed by atoms with Gasteiger partial charge in [0.05, 0.1) is 6.17 Å². The van der Waals surface area contributed by atoms with Gasteiger partial charge >= 0.3 is 0 Å². The van der Waals surface area contributed by atoms with Crippen LogP contribution in [-0.2, 0) is 6.54 Å². The van der Waals surface area contributed by atoms with Crippen molar-refractivity contribution < 1.29 is 4.39 Å². The standard InChI is InChI=1S/C13H15FN2/c1-10-3-2-8-16(13(10)15)9-11-4-6-12(14)7-5-11/h2-8,13H,9,15H2,1H3. The normalized spacial score (nSPS) is 19.8. The molecule has 3 heteroatoms. The van der Waals surface area contributed by atoms with Gasteiger partial charge in [0.25, 0.3) is 0 Å². The minimum atomic E-state index is -0.210. The molecule has 1 aliphatic rings. The highest BCUT2D eigenvalue weighted by molar-refractivity contribution is 5.23. The summed E-state index contributed by atoms with van der Waals surface area (Å²) < 4.78 is 12.7. The van der Waals surface area contributed by atoms with Crippen LogP contribution in [0.4, 0.5) is 4.39 Å². The molecule has 2 nitrogen and oxygen atoms in total. The van der Waals surface area contributed by atoms with Crippen LogP contribution < -0.4 is 5.73 Å². The highest BCUT2D eigenvalue weighted by atomic mass is 19.1. The van der Waals surface area contributed by atoms with E-state index in [9.17, 15) is 4.39 Å². The van der Waals surface area contributed by atoms with Gasteiger partial charge in [-0.15, -0.1) is 0 Å². The first-order chi connectivity index (χ1) is 7.66. The Bertz CT molecular complexity index is 420. The topological polar surface area (TPSA) is 29.3 Å². The first-order valence-electron chi connectivity index (χ1n) is 5.27. The fourth-order valence-corrected chi connectivity index (χ4v) is 1.71. The number of allylic oxidation sites excluding steroid dienone is 2. The minimum absolute atomic E-state index is 0.0879. The lowest BCUT2D eigenvalue weighted by Gasteiger charge is -2.30. The number of benzene rings is 1. The zero-order valence-electron chi connectivity index (χ0n) is 9.23. The third kappa shape index (κ3) is 2.31. The lowest BCUT2D eigenvalue weighted by atomic mass is 10.1. The first-order valence-corrected chi connectivity index (χ1v) is 5.27. The smallest absolute Gasteiger partial charge is 0.123 e. The van der Waals surface area contributed by atoms with Crippen molar-refractivity contribution in [2.75, 3.05) is 0 Å². The Balaban J connectivity index is 2.08. The second-order valence-corrected chi connectivity index (χ2v) is 4.00. The van der Waals surface area contributed by atoms with Gasteiger partial charge in [-0.25, -0.2) is 4.39 Å². The van der Waals surface area contributed by atoms with E-state index in [-0.39, 0.29) is 12.0 Å². The number of nitrogens with two attached hydrogens (primary N) is 1. The van der Waals surface area contributed by atoms with Crippen LogP contribution in [0.15, 0.2) is 48.2 Å². The van der Waals surface area contributed by atoms with Gasteiger partial charge < -0.3 is 10.6 Å². The lowest BCUT2D eigenvalue weighted by Crippen LogP contribution is -2.40. The Morgan fingerprint density at radius 3 is 2.69 bits per heavy atom. The van der Waals surface area contributed by atoms with E-state index in [1.807, 2.05) is 30.2 Å². The van der Waals surface area contributed by atoms with Gasteiger partial charge in [-0.1, -0.05) is 18.2 Å². The fraction of sp³-hybridized carbons (Fsp3) is 0.231. The molecule has 0 saturated heterocycles. The van der Waals surface area contributed by atoms with Crippen LogP contribution in [0.5, 0.6) is 0 Å². The molecule has 1 aromatic carbocycles. The predicted molar refractivity (Wildman–Crippen MR) is 62.8 cm³/mol. The van der Waals surface area contributed by atoms with Crippen molar-refractivity contribution in [2.45, 2.75) is 19.6 Å². The quantitative estimate of drug-likeness (QED) is 0.825. The summed E-state index contributed by atoms with van der Waals surface area (Å²) in [4.78, 5) is 2.03. The maximum absolute atomic E-state index is 12.7. The number of rotatable bonds is 2. The maximum Gasteiger partial charge on any atom is 0.123 e. The monoisotopic (exact) mass is 218 g/mol. The maximum atomic E-state index is 12.7. The summed E-state index contributed by atoms with van der Waals surface area (Å²) in [5.41, 5.74) is 8.21. The summed E-state index contributed by atoms with van der Waals surface area (Å²) in [6.07, 6.45) is 5.85. The van der Waals surface area contributed by atoms with Crippen molar-refractivity contribution in [3.8, 4) is 0 Å². The van der Waals surface area contributed by atoms with Crippen molar-refractivity contribution in [2.24, 2.45) is 5.73 Å². The summed E-state index contributed by atoms with van der Waals surface area (Å²) >= 11 is 0. The van der Waals surface area contributed by atoms with E-state index in [0.717, 1.165) is 11.1 Å². The van der Waals surface area contributed by atoms with E-state index in [0.29, 0.717) is 6.54 Å². The lowest BCUT2D eigenvalue weighted by molar-refractivity contribution is 0.301.